The second kappa shape index (κ2) is 20.9. The summed E-state index contributed by atoms with van der Waals surface area (Å²) in [6.07, 6.45) is -2.94. The molecule has 6 aliphatic heterocycles. The molecule has 8 heterocycles. The van der Waals surface area contributed by atoms with Crippen LogP contribution in [0.15, 0.2) is 195 Å². The maximum atomic E-state index is 16.3. The van der Waals surface area contributed by atoms with Gasteiger partial charge in [-0.05, 0) is 108 Å². The lowest BCUT2D eigenvalue weighted by Gasteiger charge is -2.39. The number of alkyl halides is 6. The van der Waals surface area contributed by atoms with Crippen LogP contribution in [0.25, 0.3) is 33.4 Å². The van der Waals surface area contributed by atoms with Gasteiger partial charge in [0.15, 0.2) is 26.9 Å². The van der Waals surface area contributed by atoms with Crippen LogP contribution in [0.1, 0.15) is 33.4 Å². The molecule has 10 aromatic rings. The van der Waals surface area contributed by atoms with Crippen LogP contribution in [0, 0.1) is 0 Å². The number of fused-ring (bicyclic) bond motifs is 10. The van der Waals surface area contributed by atoms with Crippen LogP contribution < -0.4 is 68.8 Å². The molecule has 0 amide bonds. The molecule has 0 aliphatic carbocycles. The van der Waals surface area contributed by atoms with E-state index in [0.29, 0.717) is 84.5 Å². The number of nitrogens with zero attached hydrogens (tertiary/aromatic N) is 6. The molecule has 22 heteroatoms. The molecule has 0 saturated heterocycles. The third-order valence-corrected chi connectivity index (χ3v) is 22.2. The van der Waals surface area contributed by atoms with Gasteiger partial charge in [-0.15, -0.1) is 0 Å². The Morgan fingerprint density at radius 2 is 0.867 bits per heavy atom. The van der Waals surface area contributed by atoms with Crippen molar-refractivity contribution in [2.24, 2.45) is 0 Å². The lowest BCUT2D eigenvalue weighted by molar-refractivity contribution is -0.138. The molecule has 16 rings (SSSR count). The molecular weight excluding hydrogens is 1200 g/mol. The Bertz CT molecular complexity index is 4710. The zero-order valence-corrected chi connectivity index (χ0v) is 49.0. The summed E-state index contributed by atoms with van der Waals surface area (Å²) in [7, 11) is -8.32. The summed E-state index contributed by atoms with van der Waals surface area (Å²) in [5, 5.41) is 1.32. The second-order valence-electron chi connectivity index (χ2n) is 22.5. The van der Waals surface area contributed by atoms with E-state index in [0.717, 1.165) is 46.6 Å². The minimum Gasteiger partial charge on any atom is -0.473 e. The van der Waals surface area contributed by atoms with E-state index >= 15 is 22.3 Å². The standard InChI is InChI=1S/C68H48F6N6O8P2/c69-67(70,71)45-11-9-12-47(28-45)79-35-55-59(83-37-79)27-44-34-78(40-86-64(44)65(55)89(81)61-20-7-3-16-53(61)51-14-1-5-18-57(51)87-89)49-24-41(23-46(29-49)68(72,73)74)42-25-50(32-76-30-42)80-36-56-60(84-38-80)26-43-33-77(48-13-10-22-75-31-48)39-85-63(43)66(56)90(82)62-21-8-4-17-54(62)52-15-2-6-19-58(52)88-90/h1-32H,33-40H2. The van der Waals surface area contributed by atoms with Gasteiger partial charge in [0.2, 0.25) is 0 Å². The van der Waals surface area contributed by atoms with E-state index in [9.17, 15) is 13.2 Å². The van der Waals surface area contributed by atoms with Gasteiger partial charge in [-0.25, -0.2) is 0 Å². The smallest absolute Gasteiger partial charge is 0.416 e. The highest BCUT2D eigenvalue weighted by Crippen LogP contribution is 2.60. The third kappa shape index (κ3) is 9.24. The topological polar surface area (TPSA) is 128 Å². The number of pyridine rings is 2. The van der Waals surface area contributed by atoms with Crippen molar-refractivity contribution in [1.29, 1.82) is 0 Å². The number of anilines is 4. The normalized spacial score (nSPS) is 18.6. The highest BCUT2D eigenvalue weighted by atomic mass is 31.2. The van der Waals surface area contributed by atoms with E-state index in [1.165, 1.54) is 18.3 Å². The van der Waals surface area contributed by atoms with Gasteiger partial charge >= 0.3 is 27.1 Å². The number of halogens is 6. The first-order valence-corrected chi connectivity index (χ1v) is 31.9. The largest absolute Gasteiger partial charge is 0.473 e. The molecule has 2 aromatic heterocycles. The number of hydrogen-bond acceptors (Lipinski definition) is 14. The summed E-state index contributed by atoms with van der Waals surface area (Å²) in [5.41, 5.74) is 5.26. The van der Waals surface area contributed by atoms with Gasteiger partial charge in [0.25, 0.3) is 0 Å². The number of ether oxygens (including phenoxy) is 4. The monoisotopic (exact) mass is 1250 g/mol. The molecule has 2 unspecified atom stereocenters. The third-order valence-electron chi connectivity index (χ3n) is 17.1. The molecule has 8 aromatic carbocycles. The minimum absolute atomic E-state index is 0.0127. The van der Waals surface area contributed by atoms with Gasteiger partial charge in [0.1, 0.15) is 45.1 Å². The maximum Gasteiger partial charge on any atom is 0.416 e. The molecule has 0 bridgehead atoms. The average molecular weight is 1250 g/mol. The van der Waals surface area contributed by atoms with Crippen molar-refractivity contribution in [2.45, 2.75) is 38.5 Å². The van der Waals surface area contributed by atoms with Gasteiger partial charge in [-0.1, -0.05) is 78.9 Å². The first kappa shape index (κ1) is 55.4. The SMILES string of the molecule is O=P1(c2c3c(cc4c2OCN(c2cccnc2)C4)OCN(c2cncc(-c4cc(N5COc6c(cc7c(c6P6(=O)Oc8ccccc8-c8ccccc86)CN(c6cccc(C(F)(F)F)c6)CO7)C5)cc(C(F)(F)F)c4)c2)C3)Oc2ccccc2-c2ccccc21. The van der Waals surface area contributed by atoms with E-state index in [-0.39, 0.29) is 80.3 Å². The highest BCUT2D eigenvalue weighted by molar-refractivity contribution is 7.75. The van der Waals surface area contributed by atoms with Crippen LogP contribution in [-0.2, 0) is 47.7 Å². The van der Waals surface area contributed by atoms with Crippen LogP contribution >= 0.6 is 14.7 Å². The van der Waals surface area contributed by atoms with E-state index in [1.807, 2.05) is 94.7 Å². The first-order chi connectivity index (χ1) is 43.6. The van der Waals surface area contributed by atoms with Crippen molar-refractivity contribution in [1.82, 2.24) is 9.97 Å². The van der Waals surface area contributed by atoms with Crippen LogP contribution in [0.2, 0.25) is 0 Å². The predicted molar refractivity (Wildman–Crippen MR) is 329 cm³/mol. The fourth-order valence-electron chi connectivity index (χ4n) is 12.9. The molecule has 450 valence electrons. The van der Waals surface area contributed by atoms with Crippen LogP contribution in [-0.4, -0.2) is 36.9 Å². The lowest BCUT2D eigenvalue weighted by Crippen LogP contribution is -2.40. The molecule has 0 fully saturated rings. The van der Waals surface area contributed by atoms with E-state index in [2.05, 4.69) is 9.97 Å². The van der Waals surface area contributed by atoms with E-state index in [1.54, 1.807) is 76.9 Å². The molecule has 2 atom stereocenters. The van der Waals surface area contributed by atoms with Crippen molar-refractivity contribution in [2.75, 3.05) is 46.5 Å². The van der Waals surface area contributed by atoms with Gasteiger partial charge in [-0.3, -0.25) is 19.1 Å². The predicted octanol–water partition coefficient (Wildman–Crippen LogP) is 14.2. The van der Waals surface area contributed by atoms with Gasteiger partial charge in [-0.2, -0.15) is 26.3 Å². The number of aromatic nitrogens is 2. The average Bonchev–Trinajstić information content (AvgIpc) is 0.764. The Labute approximate surface area is 510 Å². The Hall–Kier alpha value is -9.90. The summed E-state index contributed by atoms with van der Waals surface area (Å²) in [6, 6.07) is 46.7. The maximum absolute atomic E-state index is 16.3. The fraction of sp³-hybridized carbons (Fsp3) is 0.147. The molecule has 14 nitrogen and oxygen atoms in total. The lowest BCUT2D eigenvalue weighted by atomic mass is 10.0. The Kier molecular flexibility index (Phi) is 12.8. The van der Waals surface area contributed by atoms with Crippen molar-refractivity contribution in [3.63, 3.8) is 0 Å². The molecule has 0 N–H and O–H groups in total. The molecule has 0 saturated carbocycles. The zero-order chi connectivity index (χ0) is 61.3. The van der Waals surface area contributed by atoms with Crippen LogP contribution in [0.3, 0.4) is 0 Å². The highest BCUT2D eigenvalue weighted by Gasteiger charge is 2.48. The fourth-order valence-corrected chi connectivity index (χ4v) is 18.2. The molecule has 90 heavy (non-hydrogen) atoms. The summed E-state index contributed by atoms with van der Waals surface area (Å²) in [6.45, 7) is -0.0404. The van der Waals surface area contributed by atoms with E-state index in [4.69, 9.17) is 28.0 Å². The van der Waals surface area contributed by atoms with Crippen molar-refractivity contribution < 1.29 is 63.5 Å². The summed E-state index contributed by atoms with van der Waals surface area (Å²) < 4.78 is 160. The van der Waals surface area contributed by atoms with Crippen molar-refractivity contribution in [3.8, 4) is 67.9 Å². The Morgan fingerprint density at radius 3 is 1.43 bits per heavy atom. The minimum atomic E-state index is -4.81. The molecule has 6 aliphatic rings. The van der Waals surface area contributed by atoms with Crippen LogP contribution in [0.4, 0.5) is 49.1 Å². The van der Waals surface area contributed by atoms with Gasteiger partial charge in [0.05, 0.1) is 71.7 Å². The van der Waals surface area contributed by atoms with Crippen molar-refractivity contribution >= 4 is 58.7 Å². The van der Waals surface area contributed by atoms with Gasteiger partial charge in [0, 0.05) is 62.7 Å². The number of rotatable bonds is 7. The summed E-state index contributed by atoms with van der Waals surface area (Å²) in [4.78, 5) is 16.0. The van der Waals surface area contributed by atoms with Crippen LogP contribution in [0.5, 0.6) is 34.5 Å². The number of hydrogen-bond donors (Lipinski definition) is 0. The van der Waals surface area contributed by atoms with E-state index < -0.39 is 38.2 Å². The number of benzene rings is 8. The zero-order valence-electron chi connectivity index (χ0n) is 47.2. The first-order valence-electron chi connectivity index (χ1n) is 28.7. The summed E-state index contributed by atoms with van der Waals surface area (Å²) in [5.74, 6) is 2.06. The number of para-hydroxylation sites is 2. The molecular formula is C68H48F6N6O8P2. The summed E-state index contributed by atoms with van der Waals surface area (Å²) >= 11 is 0. The van der Waals surface area contributed by atoms with Gasteiger partial charge < -0.3 is 47.6 Å². The van der Waals surface area contributed by atoms with Crippen molar-refractivity contribution in [3.05, 3.63) is 228 Å². The Morgan fingerprint density at radius 1 is 0.389 bits per heavy atom. The molecule has 0 spiro atoms. The quantitative estimate of drug-likeness (QED) is 0.111. The Balaban J connectivity index is 0.762. The molecule has 0 radical (unpaired) electrons. The second-order valence-corrected chi connectivity index (χ2v) is 27.0.